The van der Waals surface area contributed by atoms with E-state index in [1.807, 2.05) is 55.5 Å². The van der Waals surface area contributed by atoms with Crippen LogP contribution in [0, 0.1) is 6.92 Å². The molecule has 1 aromatic heterocycles. The van der Waals surface area contributed by atoms with Gasteiger partial charge in [0.05, 0.1) is 17.4 Å². The van der Waals surface area contributed by atoms with Gasteiger partial charge in [-0.1, -0.05) is 42.8 Å². The van der Waals surface area contributed by atoms with Gasteiger partial charge < -0.3 is 10.6 Å². The molecule has 2 aromatic carbocycles. The second-order valence-electron chi connectivity index (χ2n) is 5.92. The lowest BCUT2D eigenvalue weighted by atomic mass is 10.1. The number of pyridine rings is 1. The highest BCUT2D eigenvalue weighted by Crippen LogP contribution is 2.19. The molecule has 25 heavy (non-hydrogen) atoms. The van der Waals surface area contributed by atoms with Gasteiger partial charge in [-0.25, -0.2) is 0 Å². The van der Waals surface area contributed by atoms with E-state index in [1.165, 1.54) is 5.56 Å². The second kappa shape index (κ2) is 7.62. The molecule has 0 aliphatic carbocycles. The Labute approximate surface area is 147 Å². The van der Waals surface area contributed by atoms with Crippen molar-refractivity contribution in [1.82, 2.24) is 4.98 Å². The minimum Gasteiger partial charge on any atom is -0.354 e. The minimum atomic E-state index is -0.166. The van der Waals surface area contributed by atoms with Gasteiger partial charge in [0.2, 0.25) is 0 Å². The van der Waals surface area contributed by atoms with Crippen LogP contribution in [-0.4, -0.2) is 10.9 Å². The van der Waals surface area contributed by atoms with E-state index >= 15 is 0 Å². The van der Waals surface area contributed by atoms with E-state index in [1.54, 1.807) is 18.5 Å². The van der Waals surface area contributed by atoms with Gasteiger partial charge in [0.1, 0.15) is 0 Å². The van der Waals surface area contributed by atoms with Crippen LogP contribution in [0.2, 0.25) is 0 Å². The van der Waals surface area contributed by atoms with Crippen LogP contribution in [0.5, 0.6) is 0 Å². The molecule has 0 atom stereocenters. The number of carbonyl (C=O) groups is 1. The second-order valence-corrected chi connectivity index (χ2v) is 5.92. The molecule has 0 bridgehead atoms. The number of carbonyl (C=O) groups excluding carboxylic acids is 1. The number of para-hydroxylation sites is 1. The minimum absolute atomic E-state index is 0.166. The Morgan fingerprint density at radius 2 is 1.76 bits per heavy atom. The van der Waals surface area contributed by atoms with Gasteiger partial charge in [0.15, 0.2) is 0 Å². The molecule has 0 aliphatic heterocycles. The number of benzene rings is 2. The SMILES string of the molecule is CCc1ccccc1NC(=O)c1cncc(Nc2ccc(C)cc2)c1. The highest BCUT2D eigenvalue weighted by Gasteiger charge is 2.09. The third-order valence-electron chi connectivity index (χ3n) is 3.99. The zero-order valence-electron chi connectivity index (χ0n) is 14.4. The maximum Gasteiger partial charge on any atom is 0.257 e. The van der Waals surface area contributed by atoms with Crippen LogP contribution in [0.1, 0.15) is 28.4 Å². The average Bonchev–Trinajstić information content (AvgIpc) is 2.64. The monoisotopic (exact) mass is 331 g/mol. The van der Waals surface area contributed by atoms with Crippen molar-refractivity contribution in [1.29, 1.82) is 0 Å². The van der Waals surface area contributed by atoms with Crippen molar-refractivity contribution < 1.29 is 4.79 Å². The molecule has 0 radical (unpaired) electrons. The van der Waals surface area contributed by atoms with Crippen LogP contribution in [-0.2, 0) is 6.42 Å². The zero-order valence-corrected chi connectivity index (χ0v) is 14.4. The molecule has 2 N–H and O–H groups in total. The number of nitrogens with zero attached hydrogens (tertiary/aromatic N) is 1. The van der Waals surface area contributed by atoms with Crippen molar-refractivity contribution >= 4 is 23.0 Å². The molecule has 0 spiro atoms. The Morgan fingerprint density at radius 1 is 1.00 bits per heavy atom. The number of anilines is 3. The molecule has 0 fully saturated rings. The quantitative estimate of drug-likeness (QED) is 0.695. The van der Waals surface area contributed by atoms with Crippen LogP contribution in [0.25, 0.3) is 0 Å². The average molecular weight is 331 g/mol. The first-order chi connectivity index (χ1) is 12.2. The molecule has 0 unspecified atom stereocenters. The fraction of sp³-hybridized carbons (Fsp3) is 0.143. The van der Waals surface area contributed by atoms with Crippen molar-refractivity contribution in [2.75, 3.05) is 10.6 Å². The van der Waals surface area contributed by atoms with Crippen molar-refractivity contribution in [2.45, 2.75) is 20.3 Å². The van der Waals surface area contributed by atoms with Gasteiger partial charge in [0, 0.05) is 17.6 Å². The molecule has 126 valence electrons. The van der Waals surface area contributed by atoms with Crippen molar-refractivity contribution in [3.8, 4) is 0 Å². The molecule has 0 saturated carbocycles. The predicted octanol–water partition coefficient (Wildman–Crippen LogP) is 4.95. The molecule has 3 aromatic rings. The summed E-state index contributed by atoms with van der Waals surface area (Å²) in [5.74, 6) is -0.166. The summed E-state index contributed by atoms with van der Waals surface area (Å²) in [7, 11) is 0. The Morgan fingerprint density at radius 3 is 2.52 bits per heavy atom. The number of rotatable bonds is 5. The molecule has 0 aliphatic rings. The van der Waals surface area contributed by atoms with E-state index in [9.17, 15) is 4.79 Å². The van der Waals surface area contributed by atoms with E-state index in [2.05, 4.69) is 22.5 Å². The fourth-order valence-electron chi connectivity index (χ4n) is 2.58. The third kappa shape index (κ3) is 4.23. The lowest BCUT2D eigenvalue weighted by Gasteiger charge is -2.11. The zero-order chi connectivity index (χ0) is 17.6. The topological polar surface area (TPSA) is 54.0 Å². The maximum absolute atomic E-state index is 12.6. The molecule has 4 nitrogen and oxygen atoms in total. The lowest BCUT2D eigenvalue weighted by Crippen LogP contribution is -2.13. The number of aromatic nitrogens is 1. The first kappa shape index (κ1) is 16.7. The van der Waals surface area contributed by atoms with Gasteiger partial charge in [0.25, 0.3) is 5.91 Å². The summed E-state index contributed by atoms with van der Waals surface area (Å²) >= 11 is 0. The molecule has 4 heteroatoms. The summed E-state index contributed by atoms with van der Waals surface area (Å²) in [6, 6.07) is 17.7. The van der Waals surface area contributed by atoms with E-state index in [0.29, 0.717) is 5.56 Å². The van der Waals surface area contributed by atoms with Gasteiger partial charge in [-0.15, -0.1) is 0 Å². The number of aryl methyl sites for hydroxylation is 2. The van der Waals surface area contributed by atoms with E-state index in [4.69, 9.17) is 0 Å². The van der Waals surface area contributed by atoms with Crippen LogP contribution in [0.3, 0.4) is 0 Å². The van der Waals surface area contributed by atoms with Crippen molar-refractivity contribution in [3.63, 3.8) is 0 Å². The highest BCUT2D eigenvalue weighted by molar-refractivity contribution is 6.05. The molecule has 1 amide bonds. The summed E-state index contributed by atoms with van der Waals surface area (Å²) in [6.07, 6.45) is 4.14. The summed E-state index contributed by atoms with van der Waals surface area (Å²) in [5, 5.41) is 6.24. The van der Waals surface area contributed by atoms with Crippen LogP contribution in [0.15, 0.2) is 67.0 Å². The number of amides is 1. The molecular weight excluding hydrogens is 310 g/mol. The number of nitrogens with one attached hydrogen (secondary N) is 2. The fourth-order valence-corrected chi connectivity index (χ4v) is 2.58. The Kier molecular flexibility index (Phi) is 5.09. The summed E-state index contributed by atoms with van der Waals surface area (Å²) in [6.45, 7) is 4.11. The molecule has 3 rings (SSSR count). The smallest absolute Gasteiger partial charge is 0.257 e. The van der Waals surface area contributed by atoms with Gasteiger partial charge >= 0.3 is 0 Å². The van der Waals surface area contributed by atoms with Crippen LogP contribution in [0.4, 0.5) is 17.1 Å². The van der Waals surface area contributed by atoms with Crippen LogP contribution >= 0.6 is 0 Å². The number of hydrogen-bond acceptors (Lipinski definition) is 3. The van der Waals surface area contributed by atoms with Crippen molar-refractivity contribution in [2.24, 2.45) is 0 Å². The first-order valence-corrected chi connectivity index (χ1v) is 8.33. The predicted molar refractivity (Wildman–Crippen MR) is 102 cm³/mol. The summed E-state index contributed by atoms with van der Waals surface area (Å²) in [5.41, 5.74) is 5.40. The first-order valence-electron chi connectivity index (χ1n) is 8.33. The van der Waals surface area contributed by atoms with E-state index < -0.39 is 0 Å². The van der Waals surface area contributed by atoms with E-state index in [-0.39, 0.29) is 5.91 Å². The normalized spacial score (nSPS) is 10.3. The van der Waals surface area contributed by atoms with Gasteiger partial charge in [-0.2, -0.15) is 0 Å². The Bertz CT molecular complexity index is 872. The summed E-state index contributed by atoms with van der Waals surface area (Å²) in [4.78, 5) is 16.7. The van der Waals surface area contributed by atoms with E-state index in [0.717, 1.165) is 29.0 Å². The number of hydrogen-bond donors (Lipinski definition) is 2. The Hall–Kier alpha value is -3.14. The molecule has 1 heterocycles. The third-order valence-corrected chi connectivity index (χ3v) is 3.99. The standard InChI is InChI=1S/C21H21N3O/c1-3-16-6-4-5-7-20(16)24-21(25)17-12-19(14-22-13-17)23-18-10-8-15(2)9-11-18/h4-14,23H,3H2,1-2H3,(H,24,25). The highest BCUT2D eigenvalue weighted by atomic mass is 16.1. The summed E-state index contributed by atoms with van der Waals surface area (Å²) < 4.78 is 0. The molecule has 0 saturated heterocycles. The van der Waals surface area contributed by atoms with Crippen molar-refractivity contribution in [3.05, 3.63) is 83.7 Å². The largest absolute Gasteiger partial charge is 0.354 e. The maximum atomic E-state index is 12.6. The van der Waals surface area contributed by atoms with Gasteiger partial charge in [-0.3, -0.25) is 9.78 Å². The Balaban J connectivity index is 1.76. The molecular formula is C21H21N3O. The lowest BCUT2D eigenvalue weighted by molar-refractivity contribution is 0.102. The van der Waals surface area contributed by atoms with Gasteiger partial charge in [-0.05, 0) is 43.2 Å². The van der Waals surface area contributed by atoms with Crippen LogP contribution < -0.4 is 10.6 Å².